The van der Waals surface area contributed by atoms with Gasteiger partial charge in [0.25, 0.3) is 5.91 Å². The minimum Gasteiger partial charge on any atom is -0.465 e. The van der Waals surface area contributed by atoms with E-state index in [0.29, 0.717) is 35.5 Å². The van der Waals surface area contributed by atoms with Crippen LogP contribution in [0.3, 0.4) is 0 Å². The number of hydrogen-bond acceptors (Lipinski definition) is 5. The van der Waals surface area contributed by atoms with Crippen LogP contribution in [-0.4, -0.2) is 37.3 Å². The molecule has 1 aliphatic rings. The number of aryl methyl sites for hydroxylation is 1. The maximum Gasteiger partial charge on any atom is 0.339 e. The molecule has 2 N–H and O–H groups in total. The van der Waals surface area contributed by atoms with Crippen molar-refractivity contribution in [1.82, 2.24) is 10.3 Å². The highest BCUT2D eigenvalue weighted by molar-refractivity contribution is 6.00. The number of rotatable bonds is 5. The topological polar surface area (TPSA) is 89.7 Å². The van der Waals surface area contributed by atoms with Crippen molar-refractivity contribution in [1.29, 1.82) is 0 Å². The first-order valence-electron chi connectivity index (χ1n) is 7.95. The number of hydrogen-bond donors (Lipinski definition) is 2. The second-order valence-electron chi connectivity index (χ2n) is 5.81. The zero-order chi connectivity index (χ0) is 18.0. The number of aromatic nitrogens is 1. The molecule has 1 amide bonds. The summed E-state index contributed by atoms with van der Waals surface area (Å²) in [6, 6.07) is 5.72. The third-order valence-electron chi connectivity index (χ3n) is 4.19. The molecule has 0 saturated carbocycles. The molecule has 0 fully saturated rings. The van der Waals surface area contributed by atoms with Crippen LogP contribution in [0.4, 0.5) is 0 Å². The Morgan fingerprint density at radius 2 is 2.00 bits per heavy atom. The van der Waals surface area contributed by atoms with Gasteiger partial charge in [-0.1, -0.05) is 6.07 Å². The fraction of sp³-hybridized carbons (Fsp3) is 0.333. The lowest BCUT2D eigenvalue weighted by molar-refractivity contribution is 0.0599. The summed E-state index contributed by atoms with van der Waals surface area (Å²) in [5.74, 6) is 0.755. The molecular weight excluding hydrogens is 324 g/mol. The molecule has 25 heavy (non-hydrogen) atoms. The van der Waals surface area contributed by atoms with Gasteiger partial charge >= 0.3 is 5.97 Å². The quantitative estimate of drug-likeness (QED) is 0.811. The van der Waals surface area contributed by atoms with Gasteiger partial charge in [-0.3, -0.25) is 4.79 Å². The Balaban J connectivity index is 1.62. The van der Waals surface area contributed by atoms with Crippen LogP contribution in [0.1, 0.15) is 37.7 Å². The number of benzene rings is 1. The van der Waals surface area contributed by atoms with Crippen LogP contribution in [0.25, 0.3) is 0 Å². The molecule has 0 atom stereocenters. The van der Waals surface area contributed by atoms with Crippen molar-refractivity contribution >= 4 is 11.9 Å². The third kappa shape index (κ3) is 3.31. The summed E-state index contributed by atoms with van der Waals surface area (Å²) < 4.78 is 15.4. The average Bonchev–Trinajstić information content (AvgIpc) is 3.18. The van der Waals surface area contributed by atoms with Gasteiger partial charge in [0.1, 0.15) is 5.69 Å². The predicted octanol–water partition coefficient (Wildman–Crippen LogP) is 2.12. The number of ether oxygens (including phenoxy) is 3. The van der Waals surface area contributed by atoms with E-state index in [1.165, 1.54) is 7.11 Å². The number of carbonyl (C=O) groups is 2. The number of aromatic amines is 1. The van der Waals surface area contributed by atoms with Crippen LogP contribution < -0.4 is 14.8 Å². The first kappa shape index (κ1) is 16.9. The maximum atomic E-state index is 12.4. The van der Waals surface area contributed by atoms with E-state index in [9.17, 15) is 9.59 Å². The van der Waals surface area contributed by atoms with E-state index < -0.39 is 5.97 Å². The Hall–Kier alpha value is -2.96. The predicted molar refractivity (Wildman–Crippen MR) is 90.2 cm³/mol. The SMILES string of the molecule is COC(=O)c1c(C)[nH]c(C(=O)NCCc2ccc3c(c2)OCO3)c1C. The van der Waals surface area contributed by atoms with Crippen molar-refractivity contribution in [3.8, 4) is 11.5 Å². The van der Waals surface area contributed by atoms with E-state index in [-0.39, 0.29) is 12.7 Å². The van der Waals surface area contributed by atoms with Crippen LogP contribution >= 0.6 is 0 Å². The normalized spacial score (nSPS) is 12.1. The molecule has 0 radical (unpaired) electrons. The molecule has 0 unspecified atom stereocenters. The zero-order valence-electron chi connectivity index (χ0n) is 14.4. The highest BCUT2D eigenvalue weighted by atomic mass is 16.7. The van der Waals surface area contributed by atoms with Gasteiger partial charge in [-0.15, -0.1) is 0 Å². The molecule has 1 aliphatic heterocycles. The van der Waals surface area contributed by atoms with E-state index in [1.807, 2.05) is 18.2 Å². The Bertz CT molecular complexity index is 825. The van der Waals surface area contributed by atoms with Crippen LogP contribution in [-0.2, 0) is 11.2 Å². The average molecular weight is 344 g/mol. The van der Waals surface area contributed by atoms with Gasteiger partial charge in [0.15, 0.2) is 11.5 Å². The summed E-state index contributed by atoms with van der Waals surface area (Å²) in [6.07, 6.45) is 0.658. The monoisotopic (exact) mass is 344 g/mol. The molecule has 1 aromatic carbocycles. The van der Waals surface area contributed by atoms with E-state index in [1.54, 1.807) is 13.8 Å². The Labute approximate surface area is 145 Å². The van der Waals surface area contributed by atoms with E-state index in [0.717, 1.165) is 17.1 Å². The molecule has 2 heterocycles. The number of fused-ring (bicyclic) bond motifs is 1. The summed E-state index contributed by atoms with van der Waals surface area (Å²) in [7, 11) is 1.32. The third-order valence-corrected chi connectivity index (χ3v) is 4.19. The first-order valence-corrected chi connectivity index (χ1v) is 7.95. The summed E-state index contributed by atoms with van der Waals surface area (Å²) >= 11 is 0. The number of esters is 1. The van der Waals surface area contributed by atoms with E-state index >= 15 is 0 Å². The highest BCUT2D eigenvalue weighted by Crippen LogP contribution is 2.32. The summed E-state index contributed by atoms with van der Waals surface area (Å²) in [6.45, 7) is 4.16. The molecule has 0 spiro atoms. The molecule has 7 heteroatoms. The van der Waals surface area contributed by atoms with Gasteiger partial charge in [0.05, 0.1) is 12.7 Å². The van der Waals surface area contributed by atoms with Crippen LogP contribution in [0.15, 0.2) is 18.2 Å². The molecule has 0 aliphatic carbocycles. The van der Waals surface area contributed by atoms with Gasteiger partial charge in [0.2, 0.25) is 6.79 Å². The smallest absolute Gasteiger partial charge is 0.339 e. The molecule has 3 rings (SSSR count). The fourth-order valence-electron chi connectivity index (χ4n) is 2.89. The van der Waals surface area contributed by atoms with Gasteiger partial charge < -0.3 is 24.5 Å². The summed E-state index contributed by atoms with van der Waals surface area (Å²) in [4.78, 5) is 27.1. The van der Waals surface area contributed by atoms with Crippen LogP contribution in [0, 0.1) is 13.8 Å². The number of carbonyl (C=O) groups excluding carboxylic acids is 2. The minimum absolute atomic E-state index is 0.240. The summed E-state index contributed by atoms with van der Waals surface area (Å²) in [5.41, 5.74) is 3.03. The highest BCUT2D eigenvalue weighted by Gasteiger charge is 2.22. The van der Waals surface area contributed by atoms with Gasteiger partial charge in [-0.25, -0.2) is 4.79 Å². The van der Waals surface area contributed by atoms with Gasteiger partial charge in [-0.05, 0) is 43.5 Å². The zero-order valence-corrected chi connectivity index (χ0v) is 14.4. The number of nitrogens with one attached hydrogen (secondary N) is 2. The Morgan fingerprint density at radius 1 is 1.24 bits per heavy atom. The van der Waals surface area contributed by atoms with Crippen molar-refractivity contribution in [2.75, 3.05) is 20.4 Å². The molecule has 0 bridgehead atoms. The lowest BCUT2D eigenvalue weighted by Gasteiger charge is -2.06. The van der Waals surface area contributed by atoms with Crippen molar-refractivity contribution in [3.05, 3.63) is 46.3 Å². The number of H-pyrrole nitrogens is 1. The first-order chi connectivity index (χ1) is 12.0. The van der Waals surface area contributed by atoms with Crippen molar-refractivity contribution in [2.45, 2.75) is 20.3 Å². The number of methoxy groups -OCH3 is 1. The second kappa shape index (κ2) is 6.88. The van der Waals surface area contributed by atoms with Crippen molar-refractivity contribution in [3.63, 3.8) is 0 Å². The van der Waals surface area contributed by atoms with Crippen molar-refractivity contribution < 1.29 is 23.8 Å². The largest absolute Gasteiger partial charge is 0.465 e. The second-order valence-corrected chi connectivity index (χ2v) is 5.81. The summed E-state index contributed by atoms with van der Waals surface area (Å²) in [5, 5.41) is 2.86. The molecule has 2 aromatic rings. The van der Waals surface area contributed by atoms with E-state index in [4.69, 9.17) is 14.2 Å². The Kier molecular flexibility index (Phi) is 4.65. The van der Waals surface area contributed by atoms with Crippen LogP contribution in [0.2, 0.25) is 0 Å². The minimum atomic E-state index is -0.453. The maximum absolute atomic E-state index is 12.4. The molecule has 7 nitrogen and oxygen atoms in total. The lowest BCUT2D eigenvalue weighted by atomic mass is 10.1. The molecule has 1 aromatic heterocycles. The molecule has 132 valence electrons. The lowest BCUT2D eigenvalue weighted by Crippen LogP contribution is -2.26. The molecule has 0 saturated heterocycles. The van der Waals surface area contributed by atoms with E-state index in [2.05, 4.69) is 10.3 Å². The van der Waals surface area contributed by atoms with Crippen LogP contribution in [0.5, 0.6) is 11.5 Å². The van der Waals surface area contributed by atoms with Gasteiger partial charge in [0, 0.05) is 12.2 Å². The van der Waals surface area contributed by atoms with Crippen molar-refractivity contribution in [2.24, 2.45) is 0 Å². The molecular formula is C18H20N2O5. The fourth-order valence-corrected chi connectivity index (χ4v) is 2.89. The standard InChI is InChI=1S/C18H20N2O5/c1-10-15(18(22)23-3)11(2)20-16(10)17(21)19-7-6-12-4-5-13-14(8-12)25-9-24-13/h4-5,8,20H,6-7,9H2,1-3H3,(H,19,21). The number of amides is 1. The Morgan fingerprint density at radius 3 is 2.76 bits per heavy atom. The van der Waals surface area contributed by atoms with Gasteiger partial charge in [-0.2, -0.15) is 0 Å².